The van der Waals surface area contributed by atoms with Gasteiger partial charge in [0.25, 0.3) is 0 Å². The summed E-state index contributed by atoms with van der Waals surface area (Å²) in [5.74, 6) is 1.49. The molecule has 0 saturated heterocycles. The molecule has 132 valence electrons. The molecule has 24 heavy (non-hydrogen) atoms. The van der Waals surface area contributed by atoms with Gasteiger partial charge >= 0.3 is 0 Å². The van der Waals surface area contributed by atoms with E-state index in [1.54, 1.807) is 18.4 Å². The van der Waals surface area contributed by atoms with Crippen LogP contribution in [0.2, 0.25) is 0 Å². The van der Waals surface area contributed by atoms with Gasteiger partial charge in [0.05, 0.1) is 12.8 Å². The van der Waals surface area contributed by atoms with Crippen molar-refractivity contribution in [3.63, 3.8) is 0 Å². The molecule has 2 N–H and O–H groups in total. The maximum absolute atomic E-state index is 12.9. The molecular formula is C18H25FIN3O. The van der Waals surface area contributed by atoms with E-state index in [2.05, 4.69) is 22.5 Å². The zero-order valence-electron chi connectivity index (χ0n) is 13.9. The van der Waals surface area contributed by atoms with Gasteiger partial charge in [-0.2, -0.15) is 0 Å². The van der Waals surface area contributed by atoms with E-state index in [0.717, 1.165) is 49.6 Å². The Balaban J connectivity index is 0.00000288. The number of guanidine groups is 1. The predicted octanol–water partition coefficient (Wildman–Crippen LogP) is 4.11. The fourth-order valence-electron chi connectivity index (χ4n) is 2.08. The van der Waals surface area contributed by atoms with E-state index >= 15 is 0 Å². The molecular weight excluding hydrogens is 420 g/mol. The van der Waals surface area contributed by atoms with Crippen molar-refractivity contribution in [2.75, 3.05) is 13.1 Å². The predicted molar refractivity (Wildman–Crippen MR) is 106 cm³/mol. The minimum atomic E-state index is -0.226. The number of nitrogens with one attached hydrogen (secondary N) is 2. The zero-order chi connectivity index (χ0) is 16.3. The van der Waals surface area contributed by atoms with Crippen molar-refractivity contribution < 1.29 is 8.81 Å². The van der Waals surface area contributed by atoms with Gasteiger partial charge in [-0.1, -0.05) is 25.5 Å². The summed E-state index contributed by atoms with van der Waals surface area (Å²) in [6.45, 7) is 4.30. The fraction of sp³-hybridized carbons (Fsp3) is 0.389. The van der Waals surface area contributed by atoms with Crippen LogP contribution in [0.25, 0.3) is 0 Å². The number of benzene rings is 1. The maximum atomic E-state index is 12.9. The highest BCUT2D eigenvalue weighted by molar-refractivity contribution is 14.0. The lowest BCUT2D eigenvalue weighted by Crippen LogP contribution is -2.38. The molecule has 0 aliphatic heterocycles. The third-order valence-corrected chi connectivity index (χ3v) is 3.40. The lowest BCUT2D eigenvalue weighted by atomic mass is 10.2. The topological polar surface area (TPSA) is 49.6 Å². The Morgan fingerprint density at radius 2 is 1.88 bits per heavy atom. The molecule has 0 atom stereocenters. The number of furan rings is 1. The second-order valence-corrected chi connectivity index (χ2v) is 5.33. The first-order valence-corrected chi connectivity index (χ1v) is 8.07. The molecule has 0 bridgehead atoms. The Morgan fingerprint density at radius 3 is 2.54 bits per heavy atom. The second-order valence-electron chi connectivity index (χ2n) is 5.33. The summed E-state index contributed by atoms with van der Waals surface area (Å²) in [6, 6.07) is 10.3. The van der Waals surface area contributed by atoms with Gasteiger partial charge in [0, 0.05) is 19.5 Å². The van der Waals surface area contributed by atoms with Crippen molar-refractivity contribution in [3.8, 4) is 0 Å². The Bertz CT molecular complexity index is 585. The molecule has 2 aromatic rings. The quantitative estimate of drug-likeness (QED) is 0.278. The zero-order valence-corrected chi connectivity index (χ0v) is 16.3. The average Bonchev–Trinajstić information content (AvgIpc) is 3.07. The van der Waals surface area contributed by atoms with Gasteiger partial charge < -0.3 is 15.1 Å². The number of nitrogens with zero attached hydrogens (tertiary/aromatic N) is 1. The van der Waals surface area contributed by atoms with Crippen LogP contribution in [0.15, 0.2) is 52.1 Å². The van der Waals surface area contributed by atoms with Gasteiger partial charge in [-0.15, -0.1) is 24.0 Å². The summed E-state index contributed by atoms with van der Waals surface area (Å²) in [4.78, 5) is 4.56. The van der Waals surface area contributed by atoms with Crippen molar-refractivity contribution in [1.29, 1.82) is 0 Å². The van der Waals surface area contributed by atoms with Crippen molar-refractivity contribution in [2.45, 2.75) is 32.7 Å². The van der Waals surface area contributed by atoms with E-state index in [4.69, 9.17) is 4.42 Å². The van der Waals surface area contributed by atoms with Crippen LogP contribution in [0.4, 0.5) is 4.39 Å². The number of halogens is 2. The van der Waals surface area contributed by atoms with E-state index in [1.165, 1.54) is 12.1 Å². The van der Waals surface area contributed by atoms with E-state index in [-0.39, 0.29) is 29.8 Å². The SMILES string of the molecule is CCCCNC(=NCc1ccc(F)cc1)NCCc1ccco1.I. The van der Waals surface area contributed by atoms with Crippen LogP contribution in [-0.2, 0) is 13.0 Å². The van der Waals surface area contributed by atoms with Crippen LogP contribution in [0.5, 0.6) is 0 Å². The van der Waals surface area contributed by atoms with Gasteiger partial charge in [-0.05, 0) is 36.2 Å². The van der Waals surface area contributed by atoms with E-state index in [9.17, 15) is 4.39 Å². The third kappa shape index (κ3) is 7.81. The largest absolute Gasteiger partial charge is 0.469 e. The summed E-state index contributed by atoms with van der Waals surface area (Å²) >= 11 is 0. The first-order chi connectivity index (χ1) is 11.3. The summed E-state index contributed by atoms with van der Waals surface area (Å²) in [5, 5.41) is 6.62. The smallest absolute Gasteiger partial charge is 0.191 e. The number of unbranched alkanes of at least 4 members (excludes halogenated alkanes) is 1. The van der Waals surface area contributed by atoms with Crippen molar-refractivity contribution >= 4 is 29.9 Å². The molecule has 1 heterocycles. The van der Waals surface area contributed by atoms with E-state index in [1.807, 2.05) is 12.1 Å². The molecule has 0 aliphatic rings. The molecule has 0 fully saturated rings. The number of rotatable bonds is 8. The maximum Gasteiger partial charge on any atom is 0.191 e. The van der Waals surface area contributed by atoms with Crippen LogP contribution in [0, 0.1) is 5.82 Å². The molecule has 0 unspecified atom stereocenters. The van der Waals surface area contributed by atoms with Crippen LogP contribution >= 0.6 is 24.0 Å². The molecule has 0 aliphatic carbocycles. The molecule has 0 saturated carbocycles. The van der Waals surface area contributed by atoms with Gasteiger partial charge in [0.2, 0.25) is 0 Å². The second kappa shape index (κ2) is 11.9. The Hall–Kier alpha value is -1.57. The van der Waals surface area contributed by atoms with Crippen molar-refractivity contribution in [1.82, 2.24) is 10.6 Å². The molecule has 1 aromatic carbocycles. The summed E-state index contributed by atoms with van der Waals surface area (Å²) in [5.41, 5.74) is 0.981. The molecule has 0 radical (unpaired) electrons. The normalized spacial score (nSPS) is 11.0. The van der Waals surface area contributed by atoms with Crippen molar-refractivity contribution in [3.05, 3.63) is 59.8 Å². The molecule has 1 aromatic heterocycles. The highest BCUT2D eigenvalue weighted by Gasteiger charge is 2.01. The van der Waals surface area contributed by atoms with Crippen LogP contribution in [0.3, 0.4) is 0 Å². The molecule has 0 spiro atoms. The highest BCUT2D eigenvalue weighted by Crippen LogP contribution is 2.04. The number of hydrogen-bond acceptors (Lipinski definition) is 2. The fourth-order valence-corrected chi connectivity index (χ4v) is 2.08. The summed E-state index contributed by atoms with van der Waals surface area (Å²) in [7, 11) is 0. The van der Waals surface area contributed by atoms with Gasteiger partial charge in [-0.25, -0.2) is 9.38 Å². The molecule has 2 rings (SSSR count). The van der Waals surface area contributed by atoms with E-state index < -0.39 is 0 Å². The highest BCUT2D eigenvalue weighted by atomic mass is 127. The first kappa shape index (κ1) is 20.5. The van der Waals surface area contributed by atoms with E-state index in [0.29, 0.717) is 6.54 Å². The number of hydrogen-bond donors (Lipinski definition) is 2. The monoisotopic (exact) mass is 445 g/mol. The Morgan fingerprint density at radius 1 is 1.12 bits per heavy atom. The Kier molecular flexibility index (Phi) is 10.1. The lowest BCUT2D eigenvalue weighted by molar-refractivity contribution is 0.506. The minimum Gasteiger partial charge on any atom is -0.469 e. The summed E-state index contributed by atoms with van der Waals surface area (Å²) in [6.07, 6.45) is 4.70. The molecule has 0 amide bonds. The molecule has 6 heteroatoms. The van der Waals surface area contributed by atoms with Crippen LogP contribution < -0.4 is 10.6 Å². The lowest BCUT2D eigenvalue weighted by Gasteiger charge is -2.12. The number of aliphatic imine (C=N–C) groups is 1. The standard InChI is InChI=1S/C18H24FN3O.HI/c1-2-3-11-20-18(21-12-10-17-5-4-13-23-17)22-14-15-6-8-16(19)9-7-15;/h4-9,13H,2-3,10-12,14H2,1H3,(H2,20,21,22);1H. The average molecular weight is 445 g/mol. The third-order valence-electron chi connectivity index (χ3n) is 3.40. The molecule has 4 nitrogen and oxygen atoms in total. The van der Waals surface area contributed by atoms with Crippen molar-refractivity contribution in [2.24, 2.45) is 4.99 Å². The van der Waals surface area contributed by atoms with Gasteiger partial charge in [-0.3, -0.25) is 0 Å². The van der Waals surface area contributed by atoms with Crippen LogP contribution in [0.1, 0.15) is 31.1 Å². The Labute approximate surface area is 160 Å². The van der Waals surface area contributed by atoms with Crippen LogP contribution in [-0.4, -0.2) is 19.0 Å². The van der Waals surface area contributed by atoms with Gasteiger partial charge in [0.1, 0.15) is 11.6 Å². The first-order valence-electron chi connectivity index (χ1n) is 8.07. The summed E-state index contributed by atoms with van der Waals surface area (Å²) < 4.78 is 18.2. The van der Waals surface area contributed by atoms with Gasteiger partial charge in [0.15, 0.2) is 5.96 Å². The minimum absolute atomic E-state index is 0.